The lowest BCUT2D eigenvalue weighted by atomic mass is 10.1. The van der Waals surface area contributed by atoms with Crippen LogP contribution in [0.5, 0.6) is 5.75 Å². The molecule has 28 heavy (non-hydrogen) atoms. The van der Waals surface area contributed by atoms with E-state index in [4.69, 9.17) is 0 Å². The second-order valence-corrected chi connectivity index (χ2v) is 6.81. The van der Waals surface area contributed by atoms with Gasteiger partial charge >= 0.3 is 12.1 Å². The molecule has 0 aliphatic carbocycles. The molecule has 146 valence electrons. The van der Waals surface area contributed by atoms with Gasteiger partial charge in [0.2, 0.25) is 0 Å². The number of nitrogens with zero attached hydrogens (tertiary/aromatic N) is 2. The third-order valence-electron chi connectivity index (χ3n) is 3.61. The van der Waals surface area contributed by atoms with Crippen LogP contribution in [0, 0.1) is 5.82 Å². The molecular weight excluding hydrogens is 400 g/mol. The Balaban J connectivity index is 1.67. The van der Waals surface area contributed by atoms with E-state index in [9.17, 15) is 27.2 Å². The maximum Gasteiger partial charge on any atom is 0.573 e. The van der Waals surface area contributed by atoms with Gasteiger partial charge in [-0.3, -0.25) is 4.79 Å². The average molecular weight is 412 g/mol. The largest absolute Gasteiger partial charge is 0.573 e. The van der Waals surface area contributed by atoms with Crippen LogP contribution in [0.25, 0.3) is 0 Å². The van der Waals surface area contributed by atoms with Gasteiger partial charge in [-0.05, 0) is 53.5 Å². The summed E-state index contributed by atoms with van der Waals surface area (Å²) in [6.07, 6.45) is -4.98. The Morgan fingerprint density at radius 2 is 1.71 bits per heavy atom. The number of aromatic nitrogens is 2. The van der Waals surface area contributed by atoms with Crippen molar-refractivity contribution in [2.75, 3.05) is 0 Å². The van der Waals surface area contributed by atoms with E-state index in [0.29, 0.717) is 5.56 Å². The summed E-state index contributed by atoms with van der Waals surface area (Å²) in [5.41, 5.74) is 0.332. The molecular formula is C18H12F4N2O3S. The summed E-state index contributed by atoms with van der Waals surface area (Å²) in [4.78, 5) is 28.1. The molecule has 0 bridgehead atoms. The number of ketones is 1. The predicted molar refractivity (Wildman–Crippen MR) is 93.0 cm³/mol. The Labute approximate surface area is 160 Å². The van der Waals surface area contributed by atoms with Gasteiger partial charge in [0.1, 0.15) is 16.6 Å². The van der Waals surface area contributed by atoms with Gasteiger partial charge in [-0.1, -0.05) is 12.1 Å². The first-order valence-electron chi connectivity index (χ1n) is 7.90. The molecule has 3 aromatic rings. The molecule has 1 heterocycles. The summed E-state index contributed by atoms with van der Waals surface area (Å²) < 4.78 is 54.5. The molecule has 0 saturated heterocycles. The Kier molecular flexibility index (Phi) is 5.59. The second kappa shape index (κ2) is 7.93. The van der Waals surface area contributed by atoms with Crippen molar-refractivity contribution in [2.45, 2.75) is 19.3 Å². The summed E-state index contributed by atoms with van der Waals surface area (Å²) >= 11 is 0.998. The van der Waals surface area contributed by atoms with Crippen molar-refractivity contribution in [1.82, 2.24) is 8.94 Å². The highest BCUT2D eigenvalue weighted by Crippen LogP contribution is 2.23. The van der Waals surface area contributed by atoms with Crippen molar-refractivity contribution in [2.24, 2.45) is 0 Å². The van der Waals surface area contributed by atoms with Gasteiger partial charge in [-0.15, -0.1) is 13.2 Å². The highest BCUT2D eigenvalue weighted by atomic mass is 32.1. The number of hydrogen-bond donors (Lipinski definition) is 0. The molecule has 0 aliphatic heterocycles. The molecule has 0 aliphatic rings. The quantitative estimate of drug-likeness (QED) is 0.456. The normalized spacial score (nSPS) is 11.4. The zero-order valence-corrected chi connectivity index (χ0v) is 14.9. The molecule has 10 heteroatoms. The van der Waals surface area contributed by atoms with Crippen LogP contribution in [-0.2, 0) is 13.0 Å². The van der Waals surface area contributed by atoms with E-state index in [-0.39, 0.29) is 23.5 Å². The van der Waals surface area contributed by atoms with Crippen LogP contribution in [0.4, 0.5) is 17.6 Å². The first-order chi connectivity index (χ1) is 13.2. The molecule has 0 unspecified atom stereocenters. The number of hydrogen-bond acceptors (Lipinski definition) is 5. The minimum absolute atomic E-state index is 0.169. The van der Waals surface area contributed by atoms with Gasteiger partial charge < -0.3 is 4.74 Å². The van der Waals surface area contributed by atoms with Gasteiger partial charge in [0.05, 0.1) is 13.0 Å². The van der Waals surface area contributed by atoms with E-state index in [1.54, 1.807) is 0 Å². The van der Waals surface area contributed by atoms with E-state index in [0.717, 1.165) is 23.7 Å². The van der Waals surface area contributed by atoms with Crippen LogP contribution in [0.1, 0.15) is 20.9 Å². The highest BCUT2D eigenvalue weighted by Gasteiger charge is 2.31. The minimum atomic E-state index is -4.81. The molecule has 3 rings (SSSR count). The molecule has 0 amide bonds. The van der Waals surface area contributed by atoms with Crippen LogP contribution in [0.2, 0.25) is 0 Å². The minimum Gasteiger partial charge on any atom is -0.406 e. The number of carbonyl (C=O) groups is 1. The molecule has 5 nitrogen and oxygen atoms in total. The molecule has 2 aromatic carbocycles. The summed E-state index contributed by atoms with van der Waals surface area (Å²) in [6, 6.07) is 10.1. The average Bonchev–Trinajstić information content (AvgIpc) is 2.95. The Hall–Kier alpha value is -3.01. The Morgan fingerprint density at radius 3 is 2.32 bits per heavy atom. The number of Topliss-reactive ketones (excluding diaryl/α,β-unsaturated/α-hetero) is 1. The zero-order chi connectivity index (χ0) is 20.3. The van der Waals surface area contributed by atoms with Gasteiger partial charge in [-0.25, -0.2) is 13.1 Å². The number of carbonyl (C=O) groups excluding carboxylic acids is 1. The van der Waals surface area contributed by atoms with Gasteiger partial charge in [0.25, 0.3) is 0 Å². The summed E-state index contributed by atoms with van der Waals surface area (Å²) in [5, 5.41) is 0.271. The van der Waals surface area contributed by atoms with Crippen LogP contribution in [0.15, 0.2) is 53.3 Å². The SMILES string of the molecule is O=C(Cc1nc(=O)n(Cc2ccc(F)cc2)s1)c1ccc(OC(F)(F)F)cc1. The Morgan fingerprint density at radius 1 is 1.07 bits per heavy atom. The van der Waals surface area contributed by atoms with Crippen LogP contribution >= 0.6 is 11.5 Å². The predicted octanol–water partition coefficient (Wildman–Crippen LogP) is 3.82. The van der Waals surface area contributed by atoms with Gasteiger partial charge in [0, 0.05) is 5.56 Å². The molecule has 1 aromatic heterocycles. The molecule has 0 saturated carbocycles. The highest BCUT2D eigenvalue weighted by molar-refractivity contribution is 7.06. The molecule has 0 spiro atoms. The molecule has 0 radical (unpaired) electrons. The zero-order valence-electron chi connectivity index (χ0n) is 14.1. The fourth-order valence-corrected chi connectivity index (χ4v) is 3.26. The number of rotatable bonds is 6. The third-order valence-corrected chi connectivity index (χ3v) is 4.56. The molecule has 0 N–H and O–H groups in total. The number of ether oxygens (including phenoxy) is 1. The van der Waals surface area contributed by atoms with Crippen LogP contribution in [0.3, 0.4) is 0 Å². The monoisotopic (exact) mass is 412 g/mol. The van der Waals surface area contributed by atoms with E-state index in [1.165, 1.54) is 40.4 Å². The van der Waals surface area contributed by atoms with E-state index in [2.05, 4.69) is 9.72 Å². The molecule has 0 atom stereocenters. The maximum absolute atomic E-state index is 12.9. The van der Waals surface area contributed by atoms with Crippen molar-refractivity contribution >= 4 is 17.3 Å². The van der Waals surface area contributed by atoms with E-state index < -0.39 is 29.4 Å². The van der Waals surface area contributed by atoms with Crippen molar-refractivity contribution in [3.05, 3.63) is 81.0 Å². The smallest absolute Gasteiger partial charge is 0.406 e. The fourth-order valence-electron chi connectivity index (χ4n) is 2.36. The summed E-state index contributed by atoms with van der Waals surface area (Å²) in [7, 11) is 0. The second-order valence-electron chi connectivity index (χ2n) is 5.71. The Bertz CT molecular complexity index is 1020. The van der Waals surface area contributed by atoms with Crippen molar-refractivity contribution in [3.8, 4) is 5.75 Å². The van der Waals surface area contributed by atoms with Crippen molar-refractivity contribution in [1.29, 1.82) is 0 Å². The van der Waals surface area contributed by atoms with E-state index in [1.807, 2.05) is 0 Å². The standard InChI is InChI=1S/C18H12F4N2O3S/c19-13-5-1-11(2-6-13)10-24-17(26)23-16(28-24)9-15(25)12-3-7-14(8-4-12)27-18(20,21)22/h1-8H,9-10H2. The third kappa shape index (κ3) is 5.26. The lowest BCUT2D eigenvalue weighted by molar-refractivity contribution is -0.274. The molecule has 0 fully saturated rings. The van der Waals surface area contributed by atoms with E-state index >= 15 is 0 Å². The van der Waals surface area contributed by atoms with Gasteiger partial charge in [0.15, 0.2) is 5.78 Å². The van der Waals surface area contributed by atoms with Crippen molar-refractivity contribution in [3.63, 3.8) is 0 Å². The number of halogens is 4. The number of alkyl halides is 3. The van der Waals surface area contributed by atoms with Crippen LogP contribution in [-0.4, -0.2) is 21.1 Å². The first kappa shape index (κ1) is 19.7. The van der Waals surface area contributed by atoms with Gasteiger partial charge in [-0.2, -0.15) is 4.98 Å². The van der Waals surface area contributed by atoms with Crippen LogP contribution < -0.4 is 10.4 Å². The summed E-state index contributed by atoms with van der Waals surface area (Å²) in [6.45, 7) is 0.189. The lowest BCUT2D eigenvalue weighted by Gasteiger charge is -2.08. The first-order valence-corrected chi connectivity index (χ1v) is 8.67. The van der Waals surface area contributed by atoms with Crippen molar-refractivity contribution < 1.29 is 27.1 Å². The topological polar surface area (TPSA) is 61.2 Å². The summed E-state index contributed by atoms with van der Waals surface area (Å²) in [5.74, 6) is -1.23. The lowest BCUT2D eigenvalue weighted by Crippen LogP contribution is -2.17. The maximum atomic E-state index is 12.9. The fraction of sp³-hybridized carbons (Fsp3) is 0.167. The number of benzene rings is 2.